The van der Waals surface area contributed by atoms with E-state index in [1.807, 2.05) is 0 Å². The van der Waals surface area contributed by atoms with Gasteiger partial charge in [-0.2, -0.15) is 13.2 Å². The molecule has 0 aromatic heterocycles. The summed E-state index contributed by atoms with van der Waals surface area (Å²) in [6.07, 6.45) is -2.19. The standard InChI is InChI=1S/C12H18F3NO4/c13-12(14,15)7-20-5-4-10(17)16-9-3-1-2-8(6-9)11(18)19/h8-9H,1-7H2,(H,16,17)(H,18,19). The van der Waals surface area contributed by atoms with Crippen LogP contribution in [0.5, 0.6) is 0 Å². The maximum absolute atomic E-state index is 11.8. The Balaban J connectivity index is 2.20. The number of nitrogens with one attached hydrogen (secondary N) is 1. The van der Waals surface area contributed by atoms with E-state index in [1.54, 1.807) is 0 Å². The Morgan fingerprint density at radius 3 is 2.60 bits per heavy atom. The van der Waals surface area contributed by atoms with Gasteiger partial charge in [0.05, 0.1) is 12.5 Å². The zero-order chi connectivity index (χ0) is 15.2. The number of hydrogen-bond donors (Lipinski definition) is 2. The van der Waals surface area contributed by atoms with Crippen molar-refractivity contribution in [3.63, 3.8) is 0 Å². The highest BCUT2D eigenvalue weighted by atomic mass is 19.4. The van der Waals surface area contributed by atoms with E-state index in [2.05, 4.69) is 10.1 Å². The van der Waals surface area contributed by atoms with Gasteiger partial charge in [-0.3, -0.25) is 9.59 Å². The van der Waals surface area contributed by atoms with Crippen LogP contribution in [-0.2, 0) is 14.3 Å². The molecule has 1 amide bonds. The molecule has 0 saturated heterocycles. The smallest absolute Gasteiger partial charge is 0.411 e. The van der Waals surface area contributed by atoms with Crippen molar-refractivity contribution in [2.24, 2.45) is 5.92 Å². The molecule has 0 heterocycles. The fourth-order valence-corrected chi connectivity index (χ4v) is 2.20. The van der Waals surface area contributed by atoms with Crippen LogP contribution in [0.3, 0.4) is 0 Å². The summed E-state index contributed by atoms with van der Waals surface area (Å²) in [6, 6.07) is -0.222. The van der Waals surface area contributed by atoms with Gasteiger partial charge in [0.25, 0.3) is 0 Å². The Kier molecular flexibility index (Phi) is 6.25. The van der Waals surface area contributed by atoms with Crippen molar-refractivity contribution >= 4 is 11.9 Å². The van der Waals surface area contributed by atoms with Gasteiger partial charge < -0.3 is 15.2 Å². The second-order valence-electron chi connectivity index (χ2n) is 4.88. The number of halogens is 3. The number of ether oxygens (including phenoxy) is 1. The van der Waals surface area contributed by atoms with E-state index in [0.29, 0.717) is 25.7 Å². The largest absolute Gasteiger partial charge is 0.481 e. The zero-order valence-electron chi connectivity index (χ0n) is 10.9. The van der Waals surface area contributed by atoms with Crippen LogP contribution < -0.4 is 5.32 Å². The van der Waals surface area contributed by atoms with Crippen LogP contribution in [-0.4, -0.2) is 42.4 Å². The summed E-state index contributed by atoms with van der Waals surface area (Å²) in [4.78, 5) is 22.3. The number of carboxylic acid groups (broad SMARTS) is 1. The van der Waals surface area contributed by atoms with Gasteiger partial charge in [-0.15, -0.1) is 0 Å². The molecule has 0 aliphatic heterocycles. The third-order valence-electron chi connectivity index (χ3n) is 3.13. The van der Waals surface area contributed by atoms with Crippen LogP contribution >= 0.6 is 0 Å². The molecule has 1 fully saturated rings. The first-order valence-electron chi connectivity index (χ1n) is 6.44. The topological polar surface area (TPSA) is 75.6 Å². The van der Waals surface area contributed by atoms with Gasteiger partial charge in [0.15, 0.2) is 0 Å². The quantitative estimate of drug-likeness (QED) is 0.732. The molecular weight excluding hydrogens is 279 g/mol. The van der Waals surface area contributed by atoms with Gasteiger partial charge in [0.2, 0.25) is 5.91 Å². The molecule has 0 radical (unpaired) electrons. The summed E-state index contributed by atoms with van der Waals surface area (Å²) in [6.45, 7) is -1.68. The number of rotatable bonds is 6. The maximum atomic E-state index is 11.8. The lowest BCUT2D eigenvalue weighted by atomic mass is 9.86. The molecule has 1 saturated carbocycles. The lowest BCUT2D eigenvalue weighted by Gasteiger charge is -2.27. The molecule has 8 heteroatoms. The Hall–Kier alpha value is -1.31. The highest BCUT2D eigenvalue weighted by Gasteiger charge is 2.29. The van der Waals surface area contributed by atoms with Crippen LogP contribution in [0, 0.1) is 5.92 Å². The second kappa shape index (κ2) is 7.47. The predicted molar refractivity (Wildman–Crippen MR) is 63.0 cm³/mol. The summed E-state index contributed by atoms with van der Waals surface area (Å²) in [5.74, 6) is -1.75. The van der Waals surface area contributed by atoms with Gasteiger partial charge in [-0.25, -0.2) is 0 Å². The minimum absolute atomic E-state index is 0.162. The molecule has 1 aliphatic rings. The summed E-state index contributed by atoms with van der Waals surface area (Å²) in [5, 5.41) is 11.5. The van der Waals surface area contributed by atoms with E-state index in [1.165, 1.54) is 0 Å². The number of aliphatic carboxylic acids is 1. The summed E-state index contributed by atoms with van der Waals surface area (Å²) >= 11 is 0. The normalized spacial score (nSPS) is 23.4. The van der Waals surface area contributed by atoms with E-state index < -0.39 is 30.6 Å². The van der Waals surface area contributed by atoms with E-state index in [9.17, 15) is 22.8 Å². The van der Waals surface area contributed by atoms with Crippen molar-refractivity contribution in [2.45, 2.75) is 44.3 Å². The number of alkyl halides is 3. The van der Waals surface area contributed by atoms with Gasteiger partial charge in [-0.05, 0) is 19.3 Å². The van der Waals surface area contributed by atoms with Crippen molar-refractivity contribution in [3.8, 4) is 0 Å². The van der Waals surface area contributed by atoms with Crippen LogP contribution in [0.25, 0.3) is 0 Å². The first-order chi connectivity index (χ1) is 9.28. The SMILES string of the molecule is O=C(CCOCC(F)(F)F)NC1CCCC(C(=O)O)C1. The van der Waals surface area contributed by atoms with Crippen molar-refractivity contribution in [1.82, 2.24) is 5.32 Å². The van der Waals surface area contributed by atoms with E-state index in [-0.39, 0.29) is 19.1 Å². The highest BCUT2D eigenvalue weighted by molar-refractivity contribution is 5.76. The molecular formula is C12H18F3NO4. The predicted octanol–water partition coefficient (Wildman–Crippen LogP) is 1.72. The van der Waals surface area contributed by atoms with Crippen molar-refractivity contribution < 1.29 is 32.6 Å². The van der Waals surface area contributed by atoms with Gasteiger partial charge in [-0.1, -0.05) is 6.42 Å². The second-order valence-corrected chi connectivity index (χ2v) is 4.88. The number of hydrogen-bond acceptors (Lipinski definition) is 3. The van der Waals surface area contributed by atoms with Crippen LogP contribution in [0.15, 0.2) is 0 Å². The molecule has 5 nitrogen and oxygen atoms in total. The maximum Gasteiger partial charge on any atom is 0.411 e. The molecule has 2 N–H and O–H groups in total. The number of carbonyl (C=O) groups is 2. The highest BCUT2D eigenvalue weighted by Crippen LogP contribution is 2.24. The average Bonchev–Trinajstić information content (AvgIpc) is 2.34. The molecule has 2 atom stereocenters. The van der Waals surface area contributed by atoms with E-state index in [0.717, 1.165) is 0 Å². The molecule has 0 bridgehead atoms. The summed E-state index contributed by atoms with van der Waals surface area (Å²) < 4.78 is 39.7. The van der Waals surface area contributed by atoms with Gasteiger partial charge >= 0.3 is 12.1 Å². The monoisotopic (exact) mass is 297 g/mol. The fourth-order valence-electron chi connectivity index (χ4n) is 2.20. The lowest BCUT2D eigenvalue weighted by Crippen LogP contribution is -2.40. The molecule has 0 spiro atoms. The van der Waals surface area contributed by atoms with Crippen LogP contribution in [0.1, 0.15) is 32.1 Å². The van der Waals surface area contributed by atoms with Crippen molar-refractivity contribution in [2.75, 3.05) is 13.2 Å². The van der Waals surface area contributed by atoms with Crippen molar-refractivity contribution in [3.05, 3.63) is 0 Å². The molecule has 116 valence electrons. The van der Waals surface area contributed by atoms with Crippen LogP contribution in [0.2, 0.25) is 0 Å². The third kappa shape index (κ3) is 6.74. The Labute approximate surface area is 114 Å². The Bertz CT molecular complexity index is 346. The van der Waals surface area contributed by atoms with Crippen molar-refractivity contribution in [1.29, 1.82) is 0 Å². The summed E-state index contributed by atoms with van der Waals surface area (Å²) in [7, 11) is 0. The molecule has 0 aromatic rings. The first kappa shape index (κ1) is 16.7. The minimum atomic E-state index is -4.39. The fraction of sp³-hybridized carbons (Fsp3) is 0.833. The average molecular weight is 297 g/mol. The molecule has 0 aromatic carbocycles. The molecule has 20 heavy (non-hydrogen) atoms. The number of carbonyl (C=O) groups excluding carboxylic acids is 1. The molecule has 1 rings (SSSR count). The summed E-state index contributed by atoms with van der Waals surface area (Å²) in [5.41, 5.74) is 0. The lowest BCUT2D eigenvalue weighted by molar-refractivity contribution is -0.174. The molecule has 2 unspecified atom stereocenters. The minimum Gasteiger partial charge on any atom is -0.481 e. The Morgan fingerprint density at radius 1 is 1.30 bits per heavy atom. The number of amides is 1. The third-order valence-corrected chi connectivity index (χ3v) is 3.13. The van der Waals surface area contributed by atoms with Gasteiger partial charge in [0.1, 0.15) is 6.61 Å². The molecule has 1 aliphatic carbocycles. The van der Waals surface area contributed by atoms with Gasteiger partial charge in [0, 0.05) is 12.5 Å². The van der Waals surface area contributed by atoms with E-state index in [4.69, 9.17) is 5.11 Å². The van der Waals surface area contributed by atoms with E-state index >= 15 is 0 Å². The number of carboxylic acids is 1. The zero-order valence-corrected chi connectivity index (χ0v) is 10.9. The Morgan fingerprint density at radius 2 is 2.00 bits per heavy atom. The first-order valence-corrected chi connectivity index (χ1v) is 6.44. The van der Waals surface area contributed by atoms with Crippen LogP contribution in [0.4, 0.5) is 13.2 Å².